The predicted octanol–water partition coefficient (Wildman–Crippen LogP) is 1.19. The molecule has 2 rings (SSSR count). The minimum Gasteiger partial charge on any atom is -0.480 e. The van der Waals surface area contributed by atoms with Gasteiger partial charge in [0.1, 0.15) is 17.6 Å². The molecule has 1 fully saturated rings. The van der Waals surface area contributed by atoms with Crippen molar-refractivity contribution in [3.8, 4) is 0 Å². The molecule has 116 valence electrons. The Kier molecular flexibility index (Phi) is 4.22. The number of likely N-dealkylation sites (tertiary alicyclic amines) is 1. The van der Waals surface area contributed by atoms with E-state index in [4.69, 9.17) is 9.52 Å². The number of rotatable bonds is 3. The zero-order valence-corrected chi connectivity index (χ0v) is 12.3. The van der Waals surface area contributed by atoms with Crippen LogP contribution in [-0.4, -0.2) is 45.8 Å². The number of aliphatic hydroxyl groups excluding tert-OH is 1. The molecule has 0 aromatic carbocycles. The molecule has 2 heterocycles. The van der Waals surface area contributed by atoms with Gasteiger partial charge >= 0.3 is 12.0 Å². The van der Waals surface area contributed by atoms with Gasteiger partial charge in [0, 0.05) is 18.5 Å². The molecule has 0 spiro atoms. The molecule has 0 bridgehead atoms. The van der Waals surface area contributed by atoms with Crippen LogP contribution in [0.5, 0.6) is 0 Å². The van der Waals surface area contributed by atoms with Crippen molar-refractivity contribution in [3.05, 3.63) is 23.2 Å². The third-order valence-corrected chi connectivity index (χ3v) is 3.71. The molecule has 1 aliphatic rings. The molecule has 21 heavy (non-hydrogen) atoms. The zero-order chi connectivity index (χ0) is 15.7. The standard InChI is InChI=1S/C14H20N2O5/c1-7-4-11(9(3)21-7)8(2)15-14(20)16-6-10(17)5-12(16)13(18)19/h4,8,10,12,17H,5-6H2,1-3H3,(H,15,20)(H,18,19)/t8?,10?,12-/m0/s1. The summed E-state index contributed by atoms with van der Waals surface area (Å²) in [5.74, 6) is 0.366. The Balaban J connectivity index is 2.07. The monoisotopic (exact) mass is 296 g/mol. The molecule has 2 unspecified atom stereocenters. The Morgan fingerprint density at radius 1 is 1.48 bits per heavy atom. The first kappa shape index (κ1) is 15.4. The first-order valence-electron chi connectivity index (χ1n) is 6.84. The van der Waals surface area contributed by atoms with Crippen molar-refractivity contribution in [1.82, 2.24) is 10.2 Å². The van der Waals surface area contributed by atoms with Crippen molar-refractivity contribution in [2.24, 2.45) is 0 Å². The second-order valence-corrected chi connectivity index (χ2v) is 5.44. The van der Waals surface area contributed by atoms with E-state index in [9.17, 15) is 14.7 Å². The Bertz CT molecular complexity index is 554. The maximum atomic E-state index is 12.2. The van der Waals surface area contributed by atoms with Gasteiger partial charge in [-0.05, 0) is 26.8 Å². The fourth-order valence-electron chi connectivity index (χ4n) is 2.70. The number of carboxylic acid groups (broad SMARTS) is 1. The van der Waals surface area contributed by atoms with Crippen molar-refractivity contribution < 1.29 is 24.2 Å². The van der Waals surface area contributed by atoms with Gasteiger partial charge in [-0.1, -0.05) is 0 Å². The van der Waals surface area contributed by atoms with E-state index in [1.54, 1.807) is 6.92 Å². The van der Waals surface area contributed by atoms with E-state index >= 15 is 0 Å². The average molecular weight is 296 g/mol. The van der Waals surface area contributed by atoms with Gasteiger partial charge in [0.25, 0.3) is 0 Å². The Labute approximate surface area is 122 Å². The van der Waals surface area contributed by atoms with Crippen LogP contribution in [0, 0.1) is 13.8 Å². The van der Waals surface area contributed by atoms with Gasteiger partial charge in [0.2, 0.25) is 0 Å². The molecule has 0 saturated carbocycles. The van der Waals surface area contributed by atoms with E-state index < -0.39 is 24.1 Å². The molecule has 7 nitrogen and oxygen atoms in total. The van der Waals surface area contributed by atoms with Crippen LogP contribution in [0.2, 0.25) is 0 Å². The molecule has 0 radical (unpaired) electrons. The summed E-state index contributed by atoms with van der Waals surface area (Å²) < 4.78 is 5.42. The van der Waals surface area contributed by atoms with Gasteiger partial charge < -0.3 is 24.8 Å². The van der Waals surface area contributed by atoms with Crippen LogP contribution >= 0.6 is 0 Å². The van der Waals surface area contributed by atoms with Gasteiger partial charge in [-0.2, -0.15) is 0 Å². The minimum atomic E-state index is -1.11. The van der Waals surface area contributed by atoms with Crippen LogP contribution in [-0.2, 0) is 4.79 Å². The first-order chi connectivity index (χ1) is 9.79. The summed E-state index contributed by atoms with van der Waals surface area (Å²) in [5, 5.41) is 21.4. The van der Waals surface area contributed by atoms with Crippen molar-refractivity contribution in [1.29, 1.82) is 0 Å². The lowest BCUT2D eigenvalue weighted by molar-refractivity contribution is -0.141. The van der Waals surface area contributed by atoms with Crippen LogP contribution in [0.1, 0.15) is 36.5 Å². The van der Waals surface area contributed by atoms with Crippen molar-refractivity contribution in [3.63, 3.8) is 0 Å². The number of β-amino-alcohol motifs (C(OH)–C–C–N with tert-alkyl or cyclic N) is 1. The number of aryl methyl sites for hydroxylation is 2. The number of carboxylic acids is 1. The molecule has 3 N–H and O–H groups in total. The molecular formula is C14H20N2O5. The second-order valence-electron chi connectivity index (χ2n) is 5.44. The summed E-state index contributed by atoms with van der Waals surface area (Å²) in [7, 11) is 0. The topological polar surface area (TPSA) is 103 Å². The molecule has 1 saturated heterocycles. The summed E-state index contributed by atoms with van der Waals surface area (Å²) in [6.07, 6.45) is -0.744. The van der Waals surface area contributed by atoms with Crippen molar-refractivity contribution in [2.45, 2.75) is 45.4 Å². The van der Waals surface area contributed by atoms with Crippen LogP contribution in [0.15, 0.2) is 10.5 Å². The highest BCUT2D eigenvalue weighted by atomic mass is 16.4. The maximum Gasteiger partial charge on any atom is 0.326 e. The SMILES string of the molecule is Cc1cc(C(C)NC(=O)N2CC(O)C[C@H]2C(=O)O)c(C)o1. The largest absolute Gasteiger partial charge is 0.480 e. The fraction of sp³-hybridized carbons (Fsp3) is 0.571. The number of aliphatic carboxylic acids is 1. The summed E-state index contributed by atoms with van der Waals surface area (Å²) in [5.41, 5.74) is 0.854. The lowest BCUT2D eigenvalue weighted by Crippen LogP contribution is -2.46. The lowest BCUT2D eigenvalue weighted by Gasteiger charge is -2.24. The summed E-state index contributed by atoms with van der Waals surface area (Å²) >= 11 is 0. The highest BCUT2D eigenvalue weighted by molar-refractivity contribution is 5.83. The quantitative estimate of drug-likeness (QED) is 0.777. The minimum absolute atomic E-state index is 0.0267. The van der Waals surface area contributed by atoms with Crippen molar-refractivity contribution >= 4 is 12.0 Å². The number of carbonyl (C=O) groups is 2. The maximum absolute atomic E-state index is 12.2. The predicted molar refractivity (Wildman–Crippen MR) is 73.9 cm³/mol. The number of furan rings is 1. The van der Waals surface area contributed by atoms with E-state index in [0.29, 0.717) is 0 Å². The number of amides is 2. The molecule has 1 aromatic rings. The van der Waals surface area contributed by atoms with E-state index in [2.05, 4.69) is 5.32 Å². The smallest absolute Gasteiger partial charge is 0.326 e. The highest BCUT2D eigenvalue weighted by Crippen LogP contribution is 2.23. The molecule has 1 aliphatic heterocycles. The molecular weight excluding hydrogens is 276 g/mol. The number of nitrogens with zero attached hydrogens (tertiary/aromatic N) is 1. The molecule has 0 aliphatic carbocycles. The molecule has 2 amide bonds. The number of nitrogens with one attached hydrogen (secondary N) is 1. The lowest BCUT2D eigenvalue weighted by atomic mass is 10.1. The third-order valence-electron chi connectivity index (χ3n) is 3.71. The molecule has 7 heteroatoms. The van der Waals surface area contributed by atoms with Gasteiger partial charge in [-0.25, -0.2) is 9.59 Å². The van der Waals surface area contributed by atoms with Crippen LogP contribution < -0.4 is 5.32 Å². The number of aliphatic hydroxyl groups is 1. The van der Waals surface area contributed by atoms with E-state index in [1.807, 2.05) is 19.9 Å². The summed E-state index contributed by atoms with van der Waals surface area (Å²) in [6.45, 7) is 5.46. The zero-order valence-electron chi connectivity index (χ0n) is 12.3. The van der Waals surface area contributed by atoms with Gasteiger partial charge in [0.05, 0.1) is 12.1 Å². The second kappa shape index (κ2) is 5.77. The number of hydrogen-bond donors (Lipinski definition) is 3. The summed E-state index contributed by atoms with van der Waals surface area (Å²) in [4.78, 5) is 24.5. The van der Waals surface area contributed by atoms with Gasteiger partial charge in [0.15, 0.2) is 0 Å². The van der Waals surface area contributed by atoms with Crippen molar-refractivity contribution in [2.75, 3.05) is 6.54 Å². The third kappa shape index (κ3) is 3.18. The van der Waals surface area contributed by atoms with E-state index in [0.717, 1.165) is 22.0 Å². The normalized spacial score (nSPS) is 23.1. The van der Waals surface area contributed by atoms with Gasteiger partial charge in [-0.3, -0.25) is 0 Å². The Hall–Kier alpha value is -2.02. The average Bonchev–Trinajstić information content (AvgIpc) is 2.92. The van der Waals surface area contributed by atoms with Crippen LogP contribution in [0.3, 0.4) is 0 Å². The highest BCUT2D eigenvalue weighted by Gasteiger charge is 2.39. The number of hydrogen-bond acceptors (Lipinski definition) is 4. The van der Waals surface area contributed by atoms with Gasteiger partial charge in [-0.15, -0.1) is 0 Å². The Morgan fingerprint density at radius 2 is 2.14 bits per heavy atom. The number of urea groups is 1. The van der Waals surface area contributed by atoms with E-state index in [-0.39, 0.29) is 19.0 Å². The van der Waals surface area contributed by atoms with Crippen LogP contribution in [0.4, 0.5) is 4.79 Å². The Morgan fingerprint density at radius 3 is 2.67 bits per heavy atom. The first-order valence-corrected chi connectivity index (χ1v) is 6.84. The fourth-order valence-corrected chi connectivity index (χ4v) is 2.70. The van der Waals surface area contributed by atoms with Crippen LogP contribution in [0.25, 0.3) is 0 Å². The molecule has 3 atom stereocenters. The molecule has 1 aromatic heterocycles. The summed E-state index contributed by atoms with van der Waals surface area (Å²) in [6, 6.07) is 0.0552. The number of carbonyl (C=O) groups excluding carboxylic acids is 1. The van der Waals surface area contributed by atoms with E-state index in [1.165, 1.54) is 0 Å².